The summed E-state index contributed by atoms with van der Waals surface area (Å²) in [6.45, 7) is 2.22. The molecule has 0 amide bonds. The largest absolute Gasteiger partial charge is 0.497 e. The molecule has 1 aromatic rings. The number of rotatable bonds is 5. The Morgan fingerprint density at radius 1 is 1.19 bits per heavy atom. The molecule has 0 bridgehead atoms. The SMILES string of the molecule is CCCCCCC#Cc1cccc(OC)c1. The van der Waals surface area contributed by atoms with Gasteiger partial charge in [0.05, 0.1) is 7.11 Å². The highest BCUT2D eigenvalue weighted by molar-refractivity contribution is 5.39. The van der Waals surface area contributed by atoms with Crippen molar-refractivity contribution in [2.75, 3.05) is 7.11 Å². The van der Waals surface area contributed by atoms with Gasteiger partial charge in [0, 0.05) is 12.0 Å². The minimum absolute atomic E-state index is 0.873. The zero-order valence-electron chi connectivity index (χ0n) is 10.3. The van der Waals surface area contributed by atoms with Gasteiger partial charge in [-0.2, -0.15) is 0 Å². The van der Waals surface area contributed by atoms with Crippen LogP contribution >= 0.6 is 0 Å². The van der Waals surface area contributed by atoms with E-state index in [1.54, 1.807) is 7.11 Å². The van der Waals surface area contributed by atoms with Crippen LogP contribution in [0.3, 0.4) is 0 Å². The van der Waals surface area contributed by atoms with Crippen LogP contribution in [0.25, 0.3) is 0 Å². The summed E-state index contributed by atoms with van der Waals surface area (Å²) in [7, 11) is 1.68. The van der Waals surface area contributed by atoms with E-state index in [-0.39, 0.29) is 0 Å². The Kier molecular flexibility index (Phi) is 6.18. The van der Waals surface area contributed by atoms with Crippen LogP contribution in [0.4, 0.5) is 0 Å². The zero-order valence-corrected chi connectivity index (χ0v) is 10.3. The molecule has 1 heteroatoms. The third kappa shape index (κ3) is 4.89. The summed E-state index contributed by atoms with van der Waals surface area (Å²) in [4.78, 5) is 0. The molecular weight excluding hydrogens is 196 g/mol. The Morgan fingerprint density at radius 2 is 2.06 bits per heavy atom. The van der Waals surface area contributed by atoms with Crippen LogP contribution in [0.1, 0.15) is 44.6 Å². The monoisotopic (exact) mass is 216 g/mol. The molecule has 0 aliphatic rings. The van der Waals surface area contributed by atoms with E-state index in [0.717, 1.165) is 17.7 Å². The third-order valence-corrected chi connectivity index (χ3v) is 2.46. The summed E-state index contributed by atoms with van der Waals surface area (Å²) in [5.74, 6) is 7.25. The molecule has 16 heavy (non-hydrogen) atoms. The van der Waals surface area contributed by atoms with Crippen molar-refractivity contribution in [2.45, 2.75) is 39.0 Å². The number of hydrogen-bond acceptors (Lipinski definition) is 1. The number of hydrogen-bond donors (Lipinski definition) is 0. The number of ether oxygens (including phenoxy) is 1. The molecular formula is C15H20O. The Labute approximate surface area is 98.8 Å². The summed E-state index contributed by atoms with van der Waals surface area (Å²) in [6.07, 6.45) is 6.11. The summed E-state index contributed by atoms with van der Waals surface area (Å²) in [5.41, 5.74) is 1.04. The Balaban J connectivity index is 2.37. The van der Waals surface area contributed by atoms with Crippen molar-refractivity contribution in [3.63, 3.8) is 0 Å². The van der Waals surface area contributed by atoms with E-state index < -0.39 is 0 Å². The van der Waals surface area contributed by atoms with Crippen LogP contribution in [0, 0.1) is 11.8 Å². The fourth-order valence-corrected chi connectivity index (χ4v) is 1.51. The van der Waals surface area contributed by atoms with Gasteiger partial charge in [0.25, 0.3) is 0 Å². The van der Waals surface area contributed by atoms with Gasteiger partial charge in [-0.3, -0.25) is 0 Å². The van der Waals surface area contributed by atoms with Crippen LogP contribution in [-0.4, -0.2) is 7.11 Å². The highest BCUT2D eigenvalue weighted by Gasteiger charge is 1.90. The van der Waals surface area contributed by atoms with Gasteiger partial charge in [-0.15, -0.1) is 0 Å². The maximum absolute atomic E-state index is 5.15. The predicted molar refractivity (Wildman–Crippen MR) is 68.6 cm³/mol. The summed E-state index contributed by atoms with van der Waals surface area (Å²) < 4.78 is 5.15. The molecule has 0 heterocycles. The molecule has 0 saturated carbocycles. The molecule has 0 fully saturated rings. The molecule has 0 aliphatic heterocycles. The van der Waals surface area contributed by atoms with Crippen molar-refractivity contribution in [1.82, 2.24) is 0 Å². The first-order valence-electron chi connectivity index (χ1n) is 5.99. The highest BCUT2D eigenvalue weighted by atomic mass is 16.5. The second kappa shape index (κ2) is 7.82. The molecule has 0 spiro atoms. The van der Waals surface area contributed by atoms with Crippen LogP contribution in [0.5, 0.6) is 5.75 Å². The van der Waals surface area contributed by atoms with Crippen molar-refractivity contribution < 1.29 is 4.74 Å². The average molecular weight is 216 g/mol. The van der Waals surface area contributed by atoms with Gasteiger partial charge in [-0.25, -0.2) is 0 Å². The van der Waals surface area contributed by atoms with Gasteiger partial charge in [0.2, 0.25) is 0 Å². The fourth-order valence-electron chi connectivity index (χ4n) is 1.51. The number of methoxy groups -OCH3 is 1. The smallest absolute Gasteiger partial charge is 0.120 e. The zero-order chi connectivity index (χ0) is 11.6. The lowest BCUT2D eigenvalue weighted by Gasteiger charge is -1.98. The summed E-state index contributed by atoms with van der Waals surface area (Å²) >= 11 is 0. The Bertz CT molecular complexity index is 357. The minimum atomic E-state index is 0.873. The van der Waals surface area contributed by atoms with Gasteiger partial charge < -0.3 is 4.74 Å². The van der Waals surface area contributed by atoms with E-state index in [1.165, 1.54) is 25.7 Å². The van der Waals surface area contributed by atoms with Gasteiger partial charge in [0.15, 0.2) is 0 Å². The van der Waals surface area contributed by atoms with Gasteiger partial charge in [0.1, 0.15) is 5.75 Å². The topological polar surface area (TPSA) is 9.23 Å². The summed E-state index contributed by atoms with van der Waals surface area (Å²) in [5, 5.41) is 0. The summed E-state index contributed by atoms with van der Waals surface area (Å²) in [6, 6.07) is 7.90. The standard InChI is InChI=1S/C15H20O/c1-3-4-5-6-7-8-10-14-11-9-12-15(13-14)16-2/h9,11-13H,3-7H2,1-2H3. The molecule has 1 aromatic carbocycles. The van der Waals surface area contributed by atoms with Crippen molar-refractivity contribution in [3.8, 4) is 17.6 Å². The lowest BCUT2D eigenvalue weighted by Crippen LogP contribution is -1.82. The first kappa shape index (κ1) is 12.6. The van der Waals surface area contributed by atoms with E-state index in [2.05, 4.69) is 18.8 Å². The minimum Gasteiger partial charge on any atom is -0.497 e. The highest BCUT2D eigenvalue weighted by Crippen LogP contribution is 2.11. The van der Waals surface area contributed by atoms with Crippen LogP contribution in [0.2, 0.25) is 0 Å². The van der Waals surface area contributed by atoms with Crippen molar-refractivity contribution >= 4 is 0 Å². The second-order valence-corrected chi connectivity index (χ2v) is 3.84. The molecule has 86 valence electrons. The first-order valence-corrected chi connectivity index (χ1v) is 5.99. The van der Waals surface area contributed by atoms with Crippen molar-refractivity contribution in [1.29, 1.82) is 0 Å². The maximum atomic E-state index is 5.15. The molecule has 0 N–H and O–H groups in total. The molecule has 0 aromatic heterocycles. The van der Waals surface area contributed by atoms with E-state index in [0.29, 0.717) is 0 Å². The molecule has 0 radical (unpaired) electrons. The lowest BCUT2D eigenvalue weighted by molar-refractivity contribution is 0.414. The molecule has 0 aliphatic carbocycles. The van der Waals surface area contributed by atoms with Crippen molar-refractivity contribution in [2.24, 2.45) is 0 Å². The number of unbranched alkanes of at least 4 members (excludes halogenated alkanes) is 4. The van der Waals surface area contributed by atoms with E-state index in [1.807, 2.05) is 24.3 Å². The maximum Gasteiger partial charge on any atom is 0.120 e. The van der Waals surface area contributed by atoms with Gasteiger partial charge in [-0.05, 0) is 24.6 Å². The fraction of sp³-hybridized carbons (Fsp3) is 0.467. The van der Waals surface area contributed by atoms with E-state index in [4.69, 9.17) is 4.74 Å². The van der Waals surface area contributed by atoms with Gasteiger partial charge >= 0.3 is 0 Å². The third-order valence-electron chi connectivity index (χ3n) is 2.46. The quantitative estimate of drug-likeness (QED) is 0.533. The van der Waals surface area contributed by atoms with E-state index >= 15 is 0 Å². The average Bonchev–Trinajstić information content (AvgIpc) is 2.34. The van der Waals surface area contributed by atoms with Gasteiger partial charge in [-0.1, -0.05) is 44.1 Å². The van der Waals surface area contributed by atoms with Crippen LogP contribution in [0.15, 0.2) is 24.3 Å². The number of benzene rings is 1. The second-order valence-electron chi connectivity index (χ2n) is 3.84. The molecule has 0 atom stereocenters. The first-order chi connectivity index (χ1) is 7.86. The Morgan fingerprint density at radius 3 is 2.81 bits per heavy atom. The normalized spacial score (nSPS) is 9.38. The van der Waals surface area contributed by atoms with E-state index in [9.17, 15) is 0 Å². The molecule has 0 unspecified atom stereocenters. The Hall–Kier alpha value is -1.42. The molecule has 1 nitrogen and oxygen atoms in total. The predicted octanol–water partition coefficient (Wildman–Crippen LogP) is 4.02. The lowest BCUT2D eigenvalue weighted by atomic mass is 10.1. The molecule has 1 rings (SSSR count). The van der Waals surface area contributed by atoms with Crippen molar-refractivity contribution in [3.05, 3.63) is 29.8 Å². The van der Waals surface area contributed by atoms with Crippen LogP contribution < -0.4 is 4.74 Å². The molecule has 0 saturated heterocycles. The van der Waals surface area contributed by atoms with Crippen LogP contribution in [-0.2, 0) is 0 Å².